The van der Waals surface area contributed by atoms with Crippen molar-refractivity contribution in [3.63, 3.8) is 0 Å². The Kier molecular flexibility index (Phi) is 8.50. The third kappa shape index (κ3) is 6.01. The summed E-state index contributed by atoms with van der Waals surface area (Å²) in [4.78, 5) is 31.9. The van der Waals surface area contributed by atoms with E-state index < -0.39 is 11.8 Å². The first kappa shape index (κ1) is 23.6. The first-order chi connectivity index (χ1) is 15.5. The molecule has 0 saturated carbocycles. The molecule has 172 valence electrons. The maximum atomic E-state index is 12.5. The molecule has 3 rings (SSSR count). The number of nitrogens with zero attached hydrogens (tertiary/aromatic N) is 3. The lowest BCUT2D eigenvalue weighted by Crippen LogP contribution is -2.46. The molecule has 0 spiro atoms. The van der Waals surface area contributed by atoms with Crippen molar-refractivity contribution in [2.24, 2.45) is 0 Å². The van der Waals surface area contributed by atoms with Crippen LogP contribution in [0.3, 0.4) is 0 Å². The minimum absolute atomic E-state index is 0.311. The molecule has 1 aliphatic rings. The molecule has 7 heteroatoms. The van der Waals surface area contributed by atoms with Crippen LogP contribution in [-0.4, -0.2) is 62.5 Å². The summed E-state index contributed by atoms with van der Waals surface area (Å²) >= 11 is 0. The van der Waals surface area contributed by atoms with E-state index in [1.54, 1.807) is 0 Å². The van der Waals surface area contributed by atoms with Gasteiger partial charge in [0.05, 0.1) is 11.4 Å². The summed E-state index contributed by atoms with van der Waals surface area (Å²) in [5.74, 6) is -1.28. The van der Waals surface area contributed by atoms with Crippen molar-refractivity contribution >= 4 is 28.9 Å². The fourth-order valence-electron chi connectivity index (χ4n) is 4.02. The molecular formula is C25H35N5O2. The van der Waals surface area contributed by atoms with Gasteiger partial charge in [0.2, 0.25) is 0 Å². The van der Waals surface area contributed by atoms with Crippen LogP contribution < -0.4 is 20.4 Å². The first-order valence-corrected chi connectivity index (χ1v) is 11.5. The van der Waals surface area contributed by atoms with E-state index in [0.717, 1.165) is 62.8 Å². The number of carbonyl (C=O) groups is 2. The topological polar surface area (TPSA) is 67.9 Å². The van der Waals surface area contributed by atoms with Gasteiger partial charge in [-0.2, -0.15) is 0 Å². The number of nitrogens with one attached hydrogen (secondary N) is 2. The van der Waals surface area contributed by atoms with Crippen molar-refractivity contribution < 1.29 is 9.59 Å². The van der Waals surface area contributed by atoms with Gasteiger partial charge in [0.25, 0.3) is 0 Å². The van der Waals surface area contributed by atoms with Gasteiger partial charge in [0.15, 0.2) is 0 Å². The zero-order valence-electron chi connectivity index (χ0n) is 19.4. The van der Waals surface area contributed by atoms with E-state index in [4.69, 9.17) is 0 Å². The summed E-state index contributed by atoms with van der Waals surface area (Å²) in [5.41, 5.74) is 3.73. The van der Waals surface area contributed by atoms with Gasteiger partial charge < -0.3 is 25.3 Å². The molecule has 0 atom stereocenters. The van der Waals surface area contributed by atoms with Crippen molar-refractivity contribution in [3.8, 4) is 0 Å². The molecule has 1 saturated heterocycles. The second-order valence-electron chi connectivity index (χ2n) is 7.91. The van der Waals surface area contributed by atoms with Crippen LogP contribution in [0, 0.1) is 0 Å². The van der Waals surface area contributed by atoms with E-state index in [-0.39, 0.29) is 0 Å². The van der Waals surface area contributed by atoms with Gasteiger partial charge in [-0.3, -0.25) is 9.59 Å². The molecule has 2 aromatic carbocycles. The van der Waals surface area contributed by atoms with E-state index in [2.05, 4.69) is 46.1 Å². The number of rotatable bonds is 8. The van der Waals surface area contributed by atoms with E-state index >= 15 is 0 Å². The molecule has 0 radical (unpaired) electrons. The van der Waals surface area contributed by atoms with Crippen LogP contribution in [-0.2, 0) is 16.1 Å². The molecule has 32 heavy (non-hydrogen) atoms. The Balaban J connectivity index is 1.55. The Labute approximate surface area is 191 Å². The fourth-order valence-corrected chi connectivity index (χ4v) is 4.02. The first-order valence-electron chi connectivity index (χ1n) is 11.5. The average molecular weight is 438 g/mol. The number of benzene rings is 2. The van der Waals surface area contributed by atoms with E-state index in [0.29, 0.717) is 12.2 Å². The highest BCUT2D eigenvalue weighted by Gasteiger charge is 2.20. The predicted molar refractivity (Wildman–Crippen MR) is 131 cm³/mol. The van der Waals surface area contributed by atoms with Gasteiger partial charge in [-0.1, -0.05) is 31.2 Å². The Morgan fingerprint density at radius 1 is 0.875 bits per heavy atom. The monoisotopic (exact) mass is 437 g/mol. The number of amides is 2. The zero-order valence-corrected chi connectivity index (χ0v) is 19.4. The van der Waals surface area contributed by atoms with Gasteiger partial charge in [-0.05, 0) is 50.2 Å². The molecule has 2 amide bonds. The molecule has 2 N–H and O–H groups in total. The molecule has 1 aliphatic heterocycles. The lowest BCUT2D eigenvalue weighted by atomic mass is 10.2. The standard InChI is InChI=1S/C25H35N5O2/c1-4-28-15-17-30(18-16-28)23-10-8-7-9-22(23)27-25(32)24(31)26-19-20-11-13-21(14-12-20)29(5-2)6-3/h7-14H,4-6,15-19H2,1-3H3,(H,26,31)(H,27,32). The predicted octanol–water partition coefficient (Wildman–Crippen LogP) is 2.93. The minimum Gasteiger partial charge on any atom is -0.372 e. The van der Waals surface area contributed by atoms with Crippen molar-refractivity contribution in [2.45, 2.75) is 27.3 Å². The fraction of sp³-hybridized carbons (Fsp3) is 0.440. The maximum absolute atomic E-state index is 12.5. The molecule has 0 bridgehead atoms. The van der Waals surface area contributed by atoms with Gasteiger partial charge in [0.1, 0.15) is 0 Å². The van der Waals surface area contributed by atoms with Crippen LogP contribution in [0.1, 0.15) is 26.3 Å². The van der Waals surface area contributed by atoms with Crippen molar-refractivity contribution in [1.82, 2.24) is 10.2 Å². The lowest BCUT2D eigenvalue weighted by Gasteiger charge is -2.36. The van der Waals surface area contributed by atoms with Crippen LogP contribution >= 0.6 is 0 Å². The molecule has 0 aromatic heterocycles. The molecule has 1 heterocycles. The molecule has 2 aromatic rings. The summed E-state index contributed by atoms with van der Waals surface area (Å²) in [6.45, 7) is 13.5. The number of para-hydroxylation sites is 2. The van der Waals surface area contributed by atoms with E-state index in [1.165, 1.54) is 0 Å². The SMILES string of the molecule is CCN1CCN(c2ccccc2NC(=O)C(=O)NCc2ccc(N(CC)CC)cc2)CC1. The lowest BCUT2D eigenvalue weighted by molar-refractivity contribution is -0.136. The normalized spacial score (nSPS) is 14.2. The average Bonchev–Trinajstić information content (AvgIpc) is 2.84. The van der Waals surface area contributed by atoms with Crippen molar-refractivity contribution in [3.05, 3.63) is 54.1 Å². The highest BCUT2D eigenvalue weighted by molar-refractivity contribution is 6.39. The smallest absolute Gasteiger partial charge is 0.313 e. The van der Waals surface area contributed by atoms with Crippen LogP contribution in [0.4, 0.5) is 17.1 Å². The Morgan fingerprint density at radius 3 is 2.16 bits per heavy atom. The summed E-state index contributed by atoms with van der Waals surface area (Å²) in [6, 6.07) is 15.7. The van der Waals surface area contributed by atoms with Crippen molar-refractivity contribution in [1.29, 1.82) is 0 Å². The highest BCUT2D eigenvalue weighted by atomic mass is 16.2. The Morgan fingerprint density at radius 2 is 1.53 bits per heavy atom. The minimum atomic E-state index is -0.649. The third-order valence-corrected chi connectivity index (χ3v) is 6.04. The van der Waals surface area contributed by atoms with Gasteiger partial charge in [-0.25, -0.2) is 0 Å². The van der Waals surface area contributed by atoms with Crippen LogP contribution in [0.2, 0.25) is 0 Å². The molecular weight excluding hydrogens is 402 g/mol. The second-order valence-corrected chi connectivity index (χ2v) is 7.91. The van der Waals surface area contributed by atoms with Gasteiger partial charge in [0, 0.05) is 51.5 Å². The molecule has 1 fully saturated rings. The van der Waals surface area contributed by atoms with Gasteiger partial charge >= 0.3 is 11.8 Å². The summed E-state index contributed by atoms with van der Waals surface area (Å²) in [6.07, 6.45) is 0. The quantitative estimate of drug-likeness (QED) is 0.622. The summed E-state index contributed by atoms with van der Waals surface area (Å²) in [5, 5.41) is 5.52. The summed E-state index contributed by atoms with van der Waals surface area (Å²) in [7, 11) is 0. The van der Waals surface area contributed by atoms with E-state index in [1.807, 2.05) is 48.5 Å². The maximum Gasteiger partial charge on any atom is 0.313 e. The molecule has 0 aliphatic carbocycles. The number of likely N-dealkylation sites (N-methyl/N-ethyl adjacent to an activating group) is 1. The number of anilines is 3. The van der Waals surface area contributed by atoms with Crippen molar-refractivity contribution in [2.75, 3.05) is 60.9 Å². The Bertz CT molecular complexity index is 887. The Hall–Kier alpha value is -3.06. The largest absolute Gasteiger partial charge is 0.372 e. The number of hydrogen-bond donors (Lipinski definition) is 2. The highest BCUT2D eigenvalue weighted by Crippen LogP contribution is 2.26. The summed E-state index contributed by atoms with van der Waals surface area (Å²) < 4.78 is 0. The van der Waals surface area contributed by atoms with Crippen LogP contribution in [0.5, 0.6) is 0 Å². The molecule has 0 unspecified atom stereocenters. The third-order valence-electron chi connectivity index (χ3n) is 6.04. The van der Waals surface area contributed by atoms with Gasteiger partial charge in [-0.15, -0.1) is 0 Å². The number of piperazine rings is 1. The number of hydrogen-bond acceptors (Lipinski definition) is 5. The van der Waals surface area contributed by atoms with Crippen LogP contribution in [0.25, 0.3) is 0 Å². The second kappa shape index (κ2) is 11.5. The molecule has 7 nitrogen and oxygen atoms in total. The number of carbonyl (C=O) groups excluding carboxylic acids is 2. The van der Waals surface area contributed by atoms with E-state index in [9.17, 15) is 9.59 Å². The van der Waals surface area contributed by atoms with Crippen LogP contribution in [0.15, 0.2) is 48.5 Å². The zero-order chi connectivity index (χ0) is 22.9.